The van der Waals surface area contributed by atoms with E-state index >= 15 is 0 Å². The molecule has 2 aromatic rings. The van der Waals surface area contributed by atoms with Crippen LogP contribution >= 0.6 is 12.4 Å². The summed E-state index contributed by atoms with van der Waals surface area (Å²) in [6.45, 7) is 1.02. The minimum Gasteiger partial charge on any atom is -1.00 e. The van der Waals surface area contributed by atoms with Crippen molar-refractivity contribution in [1.29, 1.82) is 0 Å². The first-order chi connectivity index (χ1) is 8.25. The maximum atomic E-state index is 6.12. The van der Waals surface area contributed by atoms with Gasteiger partial charge in [-0.2, -0.15) is 4.57 Å². The Morgan fingerprint density at radius 2 is 2.16 bits per heavy atom. The lowest BCUT2D eigenvalue weighted by Crippen LogP contribution is -3.00. The van der Waals surface area contributed by atoms with Gasteiger partial charge in [0, 0.05) is 6.54 Å². The molecular formula is C13H18Cl2N4. The second-order valence-corrected chi connectivity index (χ2v) is 4.55. The molecular weight excluding hydrogens is 283 g/mol. The number of halogens is 2. The van der Waals surface area contributed by atoms with Crippen LogP contribution in [-0.2, 0) is 13.5 Å². The van der Waals surface area contributed by atoms with Crippen molar-refractivity contribution in [2.24, 2.45) is 7.05 Å². The lowest BCUT2D eigenvalue weighted by molar-refractivity contribution is -0.670. The molecule has 104 valence electrons. The lowest BCUT2D eigenvalue weighted by atomic mass is 10.0. The Balaban J connectivity index is 0.000000902. The van der Waals surface area contributed by atoms with Crippen molar-refractivity contribution in [3.05, 3.63) is 36.4 Å². The van der Waals surface area contributed by atoms with Crippen molar-refractivity contribution in [2.75, 3.05) is 17.6 Å². The maximum Gasteiger partial charge on any atom is 0.248 e. The number of imidazole rings is 1. The molecule has 0 radical (unpaired) electrons. The molecule has 1 aromatic carbocycles. The van der Waals surface area contributed by atoms with Crippen molar-refractivity contribution < 1.29 is 17.0 Å². The highest BCUT2D eigenvalue weighted by Gasteiger charge is 2.20. The minimum absolute atomic E-state index is 0. The van der Waals surface area contributed by atoms with E-state index in [2.05, 4.69) is 16.0 Å². The molecule has 3 rings (SSSR count). The fraction of sp³-hybridized carbons (Fsp3) is 0.308. The van der Waals surface area contributed by atoms with E-state index in [4.69, 9.17) is 5.73 Å². The molecule has 0 amide bonds. The van der Waals surface area contributed by atoms with E-state index in [-0.39, 0.29) is 24.8 Å². The number of nitrogens with two attached hydrogens (primary N) is 1. The Kier molecular flexibility index (Phi) is 5.09. The minimum atomic E-state index is 0. The first kappa shape index (κ1) is 15.7. The van der Waals surface area contributed by atoms with Crippen LogP contribution in [0.5, 0.6) is 0 Å². The van der Waals surface area contributed by atoms with E-state index in [1.165, 1.54) is 17.7 Å². The molecule has 1 aliphatic heterocycles. The second-order valence-electron chi connectivity index (χ2n) is 4.55. The highest BCUT2D eigenvalue weighted by molar-refractivity contribution is 5.85. The first-order valence-corrected chi connectivity index (χ1v) is 5.94. The molecule has 0 saturated heterocycles. The number of fused-ring (bicyclic) bond motifs is 1. The molecule has 0 bridgehead atoms. The number of anilines is 2. The average Bonchev–Trinajstić information content (AvgIpc) is 2.75. The average molecular weight is 301 g/mol. The lowest BCUT2D eigenvalue weighted by Gasteiger charge is -2.20. The molecule has 2 heterocycles. The van der Waals surface area contributed by atoms with Gasteiger partial charge in [-0.25, -0.2) is 4.57 Å². The van der Waals surface area contributed by atoms with Crippen molar-refractivity contribution in [2.45, 2.75) is 12.8 Å². The zero-order chi connectivity index (χ0) is 11.8. The van der Waals surface area contributed by atoms with Crippen molar-refractivity contribution >= 4 is 23.8 Å². The van der Waals surface area contributed by atoms with Gasteiger partial charge in [-0.05, 0) is 24.5 Å². The summed E-state index contributed by atoms with van der Waals surface area (Å²) in [6.07, 6.45) is 8.39. The van der Waals surface area contributed by atoms with Crippen LogP contribution in [0, 0.1) is 0 Å². The van der Waals surface area contributed by atoms with Crippen molar-refractivity contribution in [3.63, 3.8) is 0 Å². The third kappa shape index (κ3) is 2.80. The van der Waals surface area contributed by atoms with E-state index < -0.39 is 0 Å². The predicted octanol–water partition coefficient (Wildman–Crippen LogP) is -1.33. The Morgan fingerprint density at radius 1 is 1.37 bits per heavy atom. The van der Waals surface area contributed by atoms with E-state index in [1.807, 2.05) is 36.4 Å². The molecule has 0 fully saturated rings. The van der Waals surface area contributed by atoms with Gasteiger partial charge in [-0.3, -0.25) is 0 Å². The van der Waals surface area contributed by atoms with Crippen LogP contribution < -0.4 is 28.0 Å². The smallest absolute Gasteiger partial charge is 0.248 e. The van der Waals surface area contributed by atoms with E-state index in [1.54, 1.807) is 0 Å². The van der Waals surface area contributed by atoms with Crippen LogP contribution in [0.25, 0.3) is 5.69 Å². The van der Waals surface area contributed by atoms with Crippen LogP contribution in [-0.4, -0.2) is 11.1 Å². The third-order valence-electron chi connectivity index (χ3n) is 3.25. The molecule has 3 N–H and O–H groups in total. The number of hydrogen-bond acceptors (Lipinski definition) is 2. The number of aryl methyl sites for hydroxylation is 2. The highest BCUT2D eigenvalue weighted by atomic mass is 35.5. The number of nitrogens with one attached hydrogen (secondary N) is 1. The number of benzene rings is 1. The predicted molar refractivity (Wildman–Crippen MR) is 75.4 cm³/mol. The molecule has 1 aromatic heterocycles. The monoisotopic (exact) mass is 300 g/mol. The number of nitrogens with zero attached hydrogens (tertiary/aromatic N) is 2. The van der Waals surface area contributed by atoms with Crippen LogP contribution in [0.2, 0.25) is 0 Å². The molecule has 0 spiro atoms. The molecule has 0 atom stereocenters. The fourth-order valence-electron chi connectivity index (χ4n) is 2.41. The summed E-state index contributed by atoms with van der Waals surface area (Å²) in [7, 11) is 2.01. The number of rotatable bonds is 1. The van der Waals surface area contributed by atoms with Crippen LogP contribution in [0.3, 0.4) is 0 Å². The maximum absolute atomic E-state index is 6.12. The van der Waals surface area contributed by atoms with Gasteiger partial charge in [0.25, 0.3) is 0 Å². The summed E-state index contributed by atoms with van der Waals surface area (Å²) in [4.78, 5) is 0. The van der Waals surface area contributed by atoms with Gasteiger partial charge in [0.2, 0.25) is 6.33 Å². The normalized spacial score (nSPS) is 12.7. The molecule has 4 nitrogen and oxygen atoms in total. The Hall–Kier alpha value is -1.39. The number of nitrogen functional groups attached to an aromatic ring is 1. The second kappa shape index (κ2) is 6.17. The van der Waals surface area contributed by atoms with Crippen molar-refractivity contribution in [3.8, 4) is 5.69 Å². The molecule has 0 aliphatic carbocycles. The van der Waals surface area contributed by atoms with Gasteiger partial charge in [0.05, 0.1) is 18.4 Å². The van der Waals surface area contributed by atoms with Gasteiger partial charge in [-0.1, -0.05) is 6.07 Å². The summed E-state index contributed by atoms with van der Waals surface area (Å²) in [5.41, 5.74) is 10.5. The Morgan fingerprint density at radius 3 is 2.84 bits per heavy atom. The summed E-state index contributed by atoms with van der Waals surface area (Å²) in [5.74, 6) is 0. The summed E-state index contributed by atoms with van der Waals surface area (Å²) in [6, 6.07) is 4.13. The Bertz CT molecular complexity index is 566. The molecule has 0 unspecified atom stereocenters. The zero-order valence-electron chi connectivity index (χ0n) is 10.8. The van der Waals surface area contributed by atoms with E-state index in [0.717, 1.165) is 24.3 Å². The highest BCUT2D eigenvalue weighted by Crippen LogP contribution is 2.33. The standard InChI is InChI=1S/C13H17N4.2ClH/c1-16-7-8-17(9-16)13-11(14)5-4-10-3-2-6-15-12(10)13;;/h4-5,7-9,15H,2-3,6,14H2,1H3;2*1H/q+1;;/p-1. The van der Waals surface area contributed by atoms with Crippen LogP contribution in [0.15, 0.2) is 30.9 Å². The van der Waals surface area contributed by atoms with Crippen molar-refractivity contribution in [1.82, 2.24) is 4.57 Å². The van der Waals surface area contributed by atoms with Gasteiger partial charge in [-0.15, -0.1) is 12.4 Å². The topological polar surface area (TPSA) is 46.9 Å². The molecule has 19 heavy (non-hydrogen) atoms. The third-order valence-corrected chi connectivity index (χ3v) is 3.25. The zero-order valence-corrected chi connectivity index (χ0v) is 12.3. The Labute approximate surface area is 125 Å². The number of aromatic nitrogens is 2. The van der Waals surface area contributed by atoms with E-state index in [9.17, 15) is 0 Å². The molecule has 6 heteroatoms. The van der Waals surface area contributed by atoms with E-state index in [0.29, 0.717) is 0 Å². The quantitative estimate of drug-likeness (QED) is 0.506. The summed E-state index contributed by atoms with van der Waals surface area (Å²) < 4.78 is 4.09. The van der Waals surface area contributed by atoms with Crippen LogP contribution in [0.4, 0.5) is 11.4 Å². The summed E-state index contributed by atoms with van der Waals surface area (Å²) in [5, 5.41) is 3.47. The largest absolute Gasteiger partial charge is 1.00 e. The first-order valence-electron chi connectivity index (χ1n) is 5.94. The SMILES string of the molecule is C[n+]1ccn(-c2c(N)ccc3c2NCCC3)c1.Cl.[Cl-]. The van der Waals surface area contributed by atoms with Gasteiger partial charge < -0.3 is 23.5 Å². The molecule has 1 aliphatic rings. The molecule has 0 saturated carbocycles. The van der Waals surface area contributed by atoms with Gasteiger partial charge >= 0.3 is 0 Å². The fourth-order valence-corrected chi connectivity index (χ4v) is 2.41. The number of hydrogen-bond donors (Lipinski definition) is 2. The van der Waals surface area contributed by atoms with Gasteiger partial charge in [0.1, 0.15) is 12.4 Å². The summed E-state index contributed by atoms with van der Waals surface area (Å²) >= 11 is 0. The van der Waals surface area contributed by atoms with Gasteiger partial charge in [0.15, 0.2) is 5.69 Å². The van der Waals surface area contributed by atoms with Crippen LogP contribution in [0.1, 0.15) is 12.0 Å².